The Balaban J connectivity index is 1.49. The maximum Gasteiger partial charge on any atom is 0.129 e. The largest absolute Gasteiger partial charge is 0.331 e. The Bertz CT molecular complexity index is 1270. The van der Waals surface area contributed by atoms with Crippen molar-refractivity contribution in [3.63, 3.8) is 0 Å². The van der Waals surface area contributed by atoms with Gasteiger partial charge in [-0.1, -0.05) is 37.3 Å². The third-order valence-electron chi connectivity index (χ3n) is 5.75. The molecule has 1 aromatic carbocycles. The molecule has 5 rings (SSSR count). The second kappa shape index (κ2) is 7.24. The third-order valence-corrected chi connectivity index (χ3v) is 5.75. The highest BCUT2D eigenvalue weighted by molar-refractivity contribution is 5.88. The van der Waals surface area contributed by atoms with Crippen molar-refractivity contribution in [3.8, 4) is 0 Å². The van der Waals surface area contributed by atoms with Crippen molar-refractivity contribution in [2.24, 2.45) is 7.05 Å². The Labute approximate surface area is 169 Å². The minimum absolute atomic E-state index is 0.439. The van der Waals surface area contributed by atoms with Crippen molar-refractivity contribution in [1.29, 1.82) is 0 Å². The predicted octanol–water partition coefficient (Wildman–Crippen LogP) is 4.77. The second-order valence-corrected chi connectivity index (χ2v) is 7.48. The highest BCUT2D eigenvalue weighted by Crippen LogP contribution is 2.33. The van der Waals surface area contributed by atoms with Crippen LogP contribution in [-0.4, -0.2) is 24.5 Å². The molecule has 29 heavy (non-hydrogen) atoms. The number of aromatic nitrogens is 5. The number of fused-ring (bicyclic) bond motifs is 4. The van der Waals surface area contributed by atoms with Gasteiger partial charge in [-0.3, -0.25) is 4.98 Å². The van der Waals surface area contributed by atoms with Gasteiger partial charge in [-0.05, 0) is 30.2 Å². The van der Waals surface area contributed by atoms with Crippen molar-refractivity contribution in [3.05, 3.63) is 77.7 Å². The molecular weight excluding hydrogens is 358 g/mol. The lowest BCUT2D eigenvalue weighted by Gasteiger charge is -2.13. The maximum absolute atomic E-state index is 5.03. The van der Waals surface area contributed by atoms with Gasteiger partial charge in [0.25, 0.3) is 0 Å². The number of benzene rings is 1. The Kier molecular flexibility index (Phi) is 4.43. The van der Waals surface area contributed by atoms with E-state index in [0.29, 0.717) is 5.92 Å². The van der Waals surface area contributed by atoms with E-state index in [1.165, 1.54) is 16.6 Å². The number of hydrogen-bond donors (Lipinski definition) is 0. The van der Waals surface area contributed by atoms with Crippen LogP contribution in [-0.2, 0) is 19.9 Å². The minimum atomic E-state index is 0.439. The monoisotopic (exact) mass is 381 g/mol. The summed E-state index contributed by atoms with van der Waals surface area (Å²) in [6.07, 6.45) is 14.9. The van der Waals surface area contributed by atoms with E-state index in [9.17, 15) is 0 Å². The zero-order valence-corrected chi connectivity index (χ0v) is 16.7. The molecular formula is C24H23N5. The summed E-state index contributed by atoms with van der Waals surface area (Å²) in [5, 5.41) is 0. The number of pyridine rings is 1. The molecule has 3 heterocycles. The van der Waals surface area contributed by atoms with Crippen molar-refractivity contribution in [2.75, 3.05) is 0 Å². The van der Waals surface area contributed by atoms with Gasteiger partial charge < -0.3 is 4.57 Å². The summed E-state index contributed by atoms with van der Waals surface area (Å²) in [7, 11) is 2.10. The molecule has 4 aromatic rings. The van der Waals surface area contributed by atoms with Gasteiger partial charge in [0.2, 0.25) is 0 Å². The predicted molar refractivity (Wildman–Crippen MR) is 117 cm³/mol. The van der Waals surface area contributed by atoms with E-state index < -0.39 is 0 Å². The molecule has 1 aliphatic rings. The van der Waals surface area contributed by atoms with Crippen molar-refractivity contribution in [1.82, 2.24) is 24.5 Å². The lowest BCUT2D eigenvalue weighted by Crippen LogP contribution is -2.03. The number of imidazole rings is 1. The molecule has 0 aliphatic heterocycles. The number of rotatable bonds is 4. The highest BCUT2D eigenvalue weighted by atomic mass is 15.1. The summed E-state index contributed by atoms with van der Waals surface area (Å²) in [5.41, 5.74) is 6.57. The molecule has 1 atom stereocenters. The smallest absolute Gasteiger partial charge is 0.129 e. The molecule has 5 nitrogen and oxygen atoms in total. The molecule has 3 aromatic heterocycles. The van der Waals surface area contributed by atoms with Crippen LogP contribution < -0.4 is 0 Å². The average Bonchev–Trinajstić information content (AvgIpc) is 2.94. The van der Waals surface area contributed by atoms with Crippen LogP contribution in [0.25, 0.3) is 28.1 Å². The highest BCUT2D eigenvalue weighted by Gasteiger charge is 2.18. The lowest BCUT2D eigenvalue weighted by atomic mass is 9.92. The molecule has 0 spiro atoms. The summed E-state index contributed by atoms with van der Waals surface area (Å²) >= 11 is 0. The molecule has 0 fully saturated rings. The first kappa shape index (κ1) is 17.7. The first-order chi connectivity index (χ1) is 14.2. The zero-order chi connectivity index (χ0) is 19.8. The number of allylic oxidation sites excluding steroid dienone is 3. The fourth-order valence-corrected chi connectivity index (χ4v) is 4.13. The molecule has 0 saturated carbocycles. The Hall–Kier alpha value is -3.34. The van der Waals surface area contributed by atoms with Crippen LogP contribution in [0.5, 0.6) is 0 Å². The van der Waals surface area contributed by atoms with Crippen LogP contribution in [0.1, 0.15) is 42.0 Å². The van der Waals surface area contributed by atoms with E-state index in [2.05, 4.69) is 69.9 Å². The zero-order valence-electron chi connectivity index (χ0n) is 16.7. The first-order valence-corrected chi connectivity index (χ1v) is 10.1. The molecule has 0 amide bonds. The Morgan fingerprint density at radius 1 is 1.00 bits per heavy atom. The van der Waals surface area contributed by atoms with Gasteiger partial charge in [-0.15, -0.1) is 0 Å². The summed E-state index contributed by atoms with van der Waals surface area (Å²) in [6, 6.07) is 8.35. The van der Waals surface area contributed by atoms with E-state index in [0.717, 1.165) is 47.5 Å². The molecule has 1 aliphatic carbocycles. The van der Waals surface area contributed by atoms with Gasteiger partial charge in [0.15, 0.2) is 0 Å². The Morgan fingerprint density at radius 2 is 1.93 bits per heavy atom. The van der Waals surface area contributed by atoms with E-state index in [1.807, 2.05) is 12.1 Å². The molecule has 0 saturated heterocycles. The van der Waals surface area contributed by atoms with Crippen LogP contribution in [0.3, 0.4) is 0 Å². The van der Waals surface area contributed by atoms with E-state index in [1.54, 1.807) is 12.4 Å². The van der Waals surface area contributed by atoms with Gasteiger partial charge in [0, 0.05) is 37.6 Å². The van der Waals surface area contributed by atoms with Gasteiger partial charge in [0.1, 0.15) is 17.2 Å². The maximum atomic E-state index is 5.03. The summed E-state index contributed by atoms with van der Waals surface area (Å²) < 4.78 is 2.20. The number of hydrogen-bond acceptors (Lipinski definition) is 4. The van der Waals surface area contributed by atoms with Gasteiger partial charge in [-0.2, -0.15) is 0 Å². The van der Waals surface area contributed by atoms with E-state index in [-0.39, 0.29) is 0 Å². The molecule has 144 valence electrons. The van der Waals surface area contributed by atoms with Crippen molar-refractivity contribution in [2.45, 2.75) is 32.1 Å². The summed E-state index contributed by atoms with van der Waals surface area (Å²) in [5.74, 6) is 2.32. The molecule has 0 bridgehead atoms. The van der Waals surface area contributed by atoms with E-state index >= 15 is 0 Å². The van der Waals surface area contributed by atoms with Crippen LogP contribution in [0.4, 0.5) is 0 Å². The molecule has 1 unspecified atom stereocenters. The minimum Gasteiger partial charge on any atom is -0.331 e. The first-order valence-electron chi connectivity index (χ1n) is 10.1. The summed E-state index contributed by atoms with van der Waals surface area (Å²) in [6.45, 7) is 2.23. The van der Waals surface area contributed by atoms with Crippen LogP contribution >= 0.6 is 0 Å². The third kappa shape index (κ3) is 3.12. The molecule has 0 N–H and O–H groups in total. The van der Waals surface area contributed by atoms with E-state index in [4.69, 9.17) is 4.98 Å². The van der Waals surface area contributed by atoms with Crippen LogP contribution in [0.2, 0.25) is 0 Å². The second-order valence-electron chi connectivity index (χ2n) is 7.48. The lowest BCUT2D eigenvalue weighted by molar-refractivity contribution is 0.762. The quantitative estimate of drug-likeness (QED) is 0.511. The fraction of sp³-hybridized carbons (Fsp3) is 0.250. The van der Waals surface area contributed by atoms with Crippen molar-refractivity contribution >= 4 is 28.1 Å². The van der Waals surface area contributed by atoms with Gasteiger partial charge in [-0.25, -0.2) is 15.0 Å². The topological polar surface area (TPSA) is 56.5 Å². The van der Waals surface area contributed by atoms with Crippen molar-refractivity contribution < 1.29 is 0 Å². The summed E-state index contributed by atoms with van der Waals surface area (Å²) in [4.78, 5) is 18.4. The van der Waals surface area contributed by atoms with Gasteiger partial charge in [0.05, 0.1) is 22.7 Å². The Morgan fingerprint density at radius 3 is 2.83 bits per heavy atom. The average molecular weight is 381 g/mol. The number of nitrogens with zero attached hydrogens (tertiary/aromatic N) is 5. The molecule has 0 radical (unpaired) electrons. The molecule has 5 heteroatoms. The van der Waals surface area contributed by atoms with Crippen LogP contribution in [0, 0.1) is 0 Å². The SMILES string of the molecule is CCC1C=CC=Cc2c1ccc1c2nc(CCc2ncc3ncccc3n2)n1C. The standard InChI is InChI=1S/C24H23N5/c1-3-16-7-4-5-8-18-17(16)10-11-21-24(18)28-23(29(21)2)13-12-22-26-15-20-19(27-22)9-6-14-25-20/h4-11,14-16H,3,12-13H2,1-2H3. The number of aryl methyl sites for hydroxylation is 3. The van der Waals surface area contributed by atoms with Gasteiger partial charge >= 0.3 is 0 Å². The van der Waals surface area contributed by atoms with Crippen LogP contribution in [0.15, 0.2) is 54.9 Å². The normalized spacial score (nSPS) is 15.7. The fourth-order valence-electron chi connectivity index (χ4n) is 4.13.